The van der Waals surface area contributed by atoms with E-state index < -0.39 is 0 Å². The summed E-state index contributed by atoms with van der Waals surface area (Å²) >= 11 is 0. The monoisotopic (exact) mass is 257 g/mol. The van der Waals surface area contributed by atoms with E-state index in [1.807, 2.05) is 0 Å². The molecular weight excluding hydrogens is 234 g/mol. The van der Waals surface area contributed by atoms with E-state index >= 15 is 0 Å². The van der Waals surface area contributed by atoms with Crippen LogP contribution in [0, 0.1) is 17.8 Å². The third-order valence-corrected chi connectivity index (χ3v) is 6.30. The van der Waals surface area contributed by atoms with Gasteiger partial charge in [0.25, 0.3) is 0 Å². The zero-order chi connectivity index (χ0) is 12.4. The van der Waals surface area contributed by atoms with Crippen LogP contribution in [0.5, 0.6) is 0 Å². The van der Waals surface area contributed by atoms with Gasteiger partial charge in [-0.25, -0.2) is 4.98 Å². The van der Waals surface area contributed by atoms with Gasteiger partial charge < -0.3 is 9.88 Å². The molecular formula is C16H23N3. The third-order valence-electron chi connectivity index (χ3n) is 6.30. The van der Waals surface area contributed by atoms with Crippen molar-refractivity contribution in [1.82, 2.24) is 14.9 Å². The highest BCUT2D eigenvalue weighted by Crippen LogP contribution is 2.59. The second-order valence-electron chi connectivity index (χ2n) is 7.58. The highest BCUT2D eigenvalue weighted by Gasteiger charge is 2.52. The molecule has 1 aromatic heterocycles. The number of imidazole rings is 1. The van der Waals surface area contributed by atoms with Crippen molar-refractivity contribution in [3.8, 4) is 0 Å². The molecule has 4 fully saturated rings. The lowest BCUT2D eigenvalue weighted by Gasteiger charge is -2.57. The fraction of sp³-hybridized carbons (Fsp3) is 0.812. The Kier molecular flexibility index (Phi) is 2.08. The van der Waals surface area contributed by atoms with Crippen molar-refractivity contribution in [2.45, 2.75) is 57.0 Å². The van der Waals surface area contributed by atoms with E-state index in [2.05, 4.69) is 16.2 Å². The van der Waals surface area contributed by atoms with Gasteiger partial charge in [-0.2, -0.15) is 0 Å². The van der Waals surface area contributed by atoms with E-state index in [1.165, 1.54) is 49.9 Å². The van der Waals surface area contributed by atoms with Crippen LogP contribution in [0.3, 0.4) is 0 Å². The van der Waals surface area contributed by atoms with Gasteiger partial charge in [-0.05, 0) is 56.3 Å². The van der Waals surface area contributed by atoms with Crippen molar-refractivity contribution >= 4 is 0 Å². The topological polar surface area (TPSA) is 29.9 Å². The fourth-order valence-corrected chi connectivity index (χ4v) is 5.99. The van der Waals surface area contributed by atoms with Gasteiger partial charge in [0.2, 0.25) is 0 Å². The molecule has 3 heteroatoms. The van der Waals surface area contributed by atoms with Gasteiger partial charge in [-0.15, -0.1) is 0 Å². The van der Waals surface area contributed by atoms with Crippen LogP contribution >= 0.6 is 0 Å². The summed E-state index contributed by atoms with van der Waals surface area (Å²) in [6.45, 7) is 2.14. The minimum absolute atomic E-state index is 0.453. The van der Waals surface area contributed by atoms with Crippen molar-refractivity contribution in [3.05, 3.63) is 17.7 Å². The summed E-state index contributed by atoms with van der Waals surface area (Å²) in [6.07, 6.45) is 12.2. The maximum atomic E-state index is 4.74. The molecule has 0 aromatic carbocycles. The Balaban J connectivity index is 1.60. The van der Waals surface area contributed by atoms with Gasteiger partial charge in [0.15, 0.2) is 0 Å². The normalized spacial score (nSPS) is 43.5. The molecule has 2 heterocycles. The predicted molar refractivity (Wildman–Crippen MR) is 73.8 cm³/mol. The van der Waals surface area contributed by atoms with Crippen LogP contribution in [-0.4, -0.2) is 16.1 Å². The molecule has 4 bridgehead atoms. The second kappa shape index (κ2) is 3.63. The van der Waals surface area contributed by atoms with Gasteiger partial charge in [-0.1, -0.05) is 0 Å². The highest BCUT2D eigenvalue weighted by molar-refractivity contribution is 5.20. The first-order chi connectivity index (χ1) is 9.32. The van der Waals surface area contributed by atoms with Crippen LogP contribution in [0.1, 0.15) is 49.9 Å². The van der Waals surface area contributed by atoms with E-state index in [-0.39, 0.29) is 0 Å². The molecule has 0 radical (unpaired) electrons. The molecule has 1 N–H and O–H groups in total. The van der Waals surface area contributed by atoms with Gasteiger partial charge in [0.1, 0.15) is 0 Å². The minimum atomic E-state index is 0.453. The Morgan fingerprint density at radius 3 is 2.47 bits per heavy atom. The van der Waals surface area contributed by atoms with Crippen molar-refractivity contribution in [3.63, 3.8) is 0 Å². The molecule has 6 rings (SSSR count). The van der Waals surface area contributed by atoms with Crippen LogP contribution < -0.4 is 5.32 Å². The van der Waals surface area contributed by atoms with Crippen molar-refractivity contribution in [1.29, 1.82) is 0 Å². The van der Waals surface area contributed by atoms with E-state index in [4.69, 9.17) is 4.98 Å². The van der Waals surface area contributed by atoms with Crippen molar-refractivity contribution < 1.29 is 0 Å². The smallest absolute Gasteiger partial charge is 0.0957 e. The largest absolute Gasteiger partial charge is 0.327 e. The van der Waals surface area contributed by atoms with Gasteiger partial charge in [-0.3, -0.25) is 0 Å². The van der Waals surface area contributed by atoms with Crippen LogP contribution in [0.2, 0.25) is 0 Å². The van der Waals surface area contributed by atoms with Crippen LogP contribution in [0.15, 0.2) is 6.33 Å². The molecule has 0 amide bonds. The Hall–Kier alpha value is -0.830. The molecule has 4 saturated carbocycles. The van der Waals surface area contributed by atoms with Gasteiger partial charge in [0, 0.05) is 25.0 Å². The predicted octanol–water partition coefficient (Wildman–Crippen LogP) is 2.45. The lowest BCUT2D eigenvalue weighted by molar-refractivity contribution is -0.0445. The standard InChI is InChI=1S/C16H23N3/c1-2-17-9-15-14(1)18-10-19(15)16-6-11-3-12(7-16)5-13(4-11)8-16/h10-13,17H,1-9H2. The average Bonchev–Trinajstić information content (AvgIpc) is 2.81. The quantitative estimate of drug-likeness (QED) is 0.837. The molecule has 1 aromatic rings. The van der Waals surface area contributed by atoms with Crippen LogP contribution in [0.25, 0.3) is 0 Å². The zero-order valence-electron chi connectivity index (χ0n) is 11.6. The number of hydrogen-bond acceptors (Lipinski definition) is 2. The Bertz CT molecular complexity index is 481. The summed E-state index contributed by atoms with van der Waals surface area (Å²) in [6, 6.07) is 0. The first-order valence-electron chi connectivity index (χ1n) is 8.09. The number of fused-ring (bicyclic) bond motifs is 1. The molecule has 4 aliphatic carbocycles. The lowest BCUT2D eigenvalue weighted by Crippen LogP contribution is -2.52. The summed E-state index contributed by atoms with van der Waals surface area (Å²) in [7, 11) is 0. The Morgan fingerprint density at radius 1 is 1.11 bits per heavy atom. The Labute approximate surface area is 114 Å². The highest BCUT2D eigenvalue weighted by atomic mass is 15.2. The second-order valence-corrected chi connectivity index (χ2v) is 7.58. The molecule has 0 unspecified atom stereocenters. The van der Waals surface area contributed by atoms with Crippen molar-refractivity contribution in [2.75, 3.05) is 6.54 Å². The molecule has 102 valence electrons. The zero-order valence-corrected chi connectivity index (χ0v) is 11.6. The molecule has 1 aliphatic heterocycles. The Morgan fingerprint density at radius 2 is 1.79 bits per heavy atom. The molecule has 0 atom stereocenters. The first-order valence-corrected chi connectivity index (χ1v) is 8.09. The number of nitrogens with one attached hydrogen (secondary N) is 1. The molecule has 0 spiro atoms. The van der Waals surface area contributed by atoms with E-state index in [9.17, 15) is 0 Å². The number of aromatic nitrogens is 2. The summed E-state index contributed by atoms with van der Waals surface area (Å²) in [5.74, 6) is 3.04. The summed E-state index contributed by atoms with van der Waals surface area (Å²) in [4.78, 5) is 4.74. The lowest BCUT2D eigenvalue weighted by atomic mass is 9.53. The summed E-state index contributed by atoms with van der Waals surface area (Å²) in [5, 5.41) is 3.54. The number of hydrogen-bond donors (Lipinski definition) is 1. The molecule has 19 heavy (non-hydrogen) atoms. The molecule has 5 aliphatic rings. The fourth-order valence-electron chi connectivity index (χ4n) is 5.99. The maximum Gasteiger partial charge on any atom is 0.0957 e. The SMILES string of the molecule is c1nc2c(n1C13CC4CC(CC(C4)C1)C3)CNCC2. The molecule has 3 nitrogen and oxygen atoms in total. The molecule has 0 saturated heterocycles. The first kappa shape index (κ1) is 10.9. The maximum absolute atomic E-state index is 4.74. The average molecular weight is 257 g/mol. The van der Waals surface area contributed by atoms with E-state index in [0.29, 0.717) is 5.54 Å². The van der Waals surface area contributed by atoms with E-state index in [1.54, 1.807) is 0 Å². The van der Waals surface area contributed by atoms with E-state index in [0.717, 1.165) is 37.3 Å². The van der Waals surface area contributed by atoms with Gasteiger partial charge in [0.05, 0.1) is 17.7 Å². The van der Waals surface area contributed by atoms with Crippen molar-refractivity contribution in [2.24, 2.45) is 17.8 Å². The van der Waals surface area contributed by atoms with Crippen LogP contribution in [-0.2, 0) is 18.5 Å². The summed E-state index contributed by atoms with van der Waals surface area (Å²) < 4.78 is 2.62. The number of rotatable bonds is 1. The van der Waals surface area contributed by atoms with Gasteiger partial charge >= 0.3 is 0 Å². The minimum Gasteiger partial charge on any atom is -0.327 e. The summed E-state index contributed by atoms with van der Waals surface area (Å²) in [5.41, 5.74) is 3.33. The third kappa shape index (κ3) is 1.45. The number of nitrogens with zero attached hydrogens (tertiary/aromatic N) is 2. The van der Waals surface area contributed by atoms with Crippen LogP contribution in [0.4, 0.5) is 0 Å².